The van der Waals surface area contributed by atoms with Crippen molar-refractivity contribution >= 4 is 6.03 Å². The van der Waals surface area contributed by atoms with E-state index in [1.54, 1.807) is 6.92 Å². The van der Waals surface area contributed by atoms with Crippen molar-refractivity contribution in [2.75, 3.05) is 6.54 Å². The molecule has 2 N–H and O–H groups in total. The highest BCUT2D eigenvalue weighted by atomic mass is 16.2. The Hall–Kier alpha value is -1.24. The molecule has 68 valence electrons. The van der Waals surface area contributed by atoms with E-state index in [0.717, 1.165) is 0 Å². The van der Waals surface area contributed by atoms with Crippen LogP contribution in [0, 0.1) is 17.2 Å². The van der Waals surface area contributed by atoms with Crippen LogP contribution in [0.25, 0.3) is 0 Å². The van der Waals surface area contributed by atoms with E-state index in [1.165, 1.54) is 0 Å². The molecule has 0 spiro atoms. The lowest BCUT2D eigenvalue weighted by Crippen LogP contribution is -2.40. The van der Waals surface area contributed by atoms with Crippen LogP contribution >= 0.6 is 0 Å². The van der Waals surface area contributed by atoms with E-state index >= 15 is 0 Å². The van der Waals surface area contributed by atoms with Crippen LogP contribution in [0.2, 0.25) is 0 Å². The Morgan fingerprint density at radius 3 is 2.50 bits per heavy atom. The molecule has 12 heavy (non-hydrogen) atoms. The van der Waals surface area contributed by atoms with Gasteiger partial charge < -0.3 is 10.6 Å². The number of hydrogen-bond donors (Lipinski definition) is 2. The van der Waals surface area contributed by atoms with E-state index in [-0.39, 0.29) is 18.0 Å². The standard InChI is InChI=1S/C8H15N3O/c1-6(2)11-8(12)10-5-7(3)4-9/h6-7H,5H2,1-3H3,(H2,10,11,12). The molecule has 0 aromatic heterocycles. The molecule has 0 radical (unpaired) electrons. The van der Waals surface area contributed by atoms with Crippen LogP contribution in [0.4, 0.5) is 4.79 Å². The minimum Gasteiger partial charge on any atom is -0.337 e. The number of urea groups is 1. The number of nitrogens with zero attached hydrogens (tertiary/aromatic N) is 1. The van der Waals surface area contributed by atoms with Gasteiger partial charge in [0.05, 0.1) is 12.0 Å². The topological polar surface area (TPSA) is 64.9 Å². The van der Waals surface area contributed by atoms with Gasteiger partial charge in [0.15, 0.2) is 0 Å². The fourth-order valence-corrected chi connectivity index (χ4v) is 0.605. The molecular formula is C8H15N3O. The highest BCUT2D eigenvalue weighted by Gasteiger charge is 2.04. The van der Waals surface area contributed by atoms with Crippen LogP contribution < -0.4 is 10.6 Å². The first-order valence-corrected chi connectivity index (χ1v) is 4.00. The SMILES string of the molecule is CC(C#N)CNC(=O)NC(C)C. The zero-order valence-corrected chi connectivity index (χ0v) is 7.72. The lowest BCUT2D eigenvalue weighted by Gasteiger charge is -2.10. The predicted molar refractivity (Wildman–Crippen MR) is 46.4 cm³/mol. The molecule has 0 aliphatic rings. The molecule has 0 bridgehead atoms. The fourth-order valence-electron chi connectivity index (χ4n) is 0.605. The molecule has 0 aromatic carbocycles. The highest BCUT2D eigenvalue weighted by molar-refractivity contribution is 5.74. The van der Waals surface area contributed by atoms with Gasteiger partial charge in [-0.3, -0.25) is 0 Å². The minimum absolute atomic E-state index is 0.127. The first kappa shape index (κ1) is 10.8. The van der Waals surface area contributed by atoms with Crippen molar-refractivity contribution in [3.05, 3.63) is 0 Å². The first-order chi connectivity index (χ1) is 5.56. The highest BCUT2D eigenvalue weighted by Crippen LogP contribution is 1.87. The van der Waals surface area contributed by atoms with Crippen LogP contribution in [-0.4, -0.2) is 18.6 Å². The van der Waals surface area contributed by atoms with Crippen molar-refractivity contribution in [3.8, 4) is 6.07 Å². The Balaban J connectivity index is 3.52. The van der Waals surface area contributed by atoms with Crippen molar-refractivity contribution in [2.24, 2.45) is 5.92 Å². The van der Waals surface area contributed by atoms with Gasteiger partial charge in [-0.1, -0.05) is 0 Å². The van der Waals surface area contributed by atoms with Crippen molar-refractivity contribution in [3.63, 3.8) is 0 Å². The van der Waals surface area contributed by atoms with Gasteiger partial charge >= 0.3 is 6.03 Å². The third-order valence-electron chi connectivity index (χ3n) is 1.21. The second kappa shape index (κ2) is 5.42. The number of carbonyl (C=O) groups is 1. The Morgan fingerprint density at radius 2 is 2.08 bits per heavy atom. The zero-order valence-electron chi connectivity index (χ0n) is 7.72. The van der Waals surface area contributed by atoms with Crippen molar-refractivity contribution < 1.29 is 4.79 Å². The lowest BCUT2D eigenvalue weighted by molar-refractivity contribution is 0.238. The maximum Gasteiger partial charge on any atom is 0.315 e. The van der Waals surface area contributed by atoms with Crippen LogP contribution in [-0.2, 0) is 0 Å². The van der Waals surface area contributed by atoms with Crippen LogP contribution in [0.15, 0.2) is 0 Å². The van der Waals surface area contributed by atoms with Gasteiger partial charge in [0.2, 0.25) is 0 Å². The number of hydrogen-bond acceptors (Lipinski definition) is 2. The summed E-state index contributed by atoms with van der Waals surface area (Å²) in [6, 6.07) is 1.94. The molecule has 0 aliphatic carbocycles. The molecule has 0 fully saturated rings. The molecule has 4 nitrogen and oxygen atoms in total. The molecule has 0 aliphatic heterocycles. The molecule has 0 aromatic rings. The maximum atomic E-state index is 10.9. The number of nitriles is 1. The van der Waals surface area contributed by atoms with Crippen LogP contribution in [0.3, 0.4) is 0 Å². The number of carbonyl (C=O) groups excluding carboxylic acids is 1. The van der Waals surface area contributed by atoms with E-state index in [4.69, 9.17) is 5.26 Å². The summed E-state index contributed by atoms with van der Waals surface area (Å²) in [7, 11) is 0. The number of amides is 2. The molecule has 0 heterocycles. The first-order valence-electron chi connectivity index (χ1n) is 4.00. The summed E-state index contributed by atoms with van der Waals surface area (Å²) in [5.74, 6) is -0.136. The summed E-state index contributed by atoms with van der Waals surface area (Å²) in [5, 5.41) is 13.7. The summed E-state index contributed by atoms with van der Waals surface area (Å²) in [6.45, 7) is 5.92. The van der Waals surface area contributed by atoms with E-state index in [1.807, 2.05) is 19.9 Å². The Kier molecular flexibility index (Phi) is 4.86. The minimum atomic E-state index is -0.216. The summed E-state index contributed by atoms with van der Waals surface area (Å²) in [5.41, 5.74) is 0. The second-order valence-electron chi connectivity index (χ2n) is 3.04. The van der Waals surface area contributed by atoms with Gasteiger partial charge in [0.25, 0.3) is 0 Å². The van der Waals surface area contributed by atoms with Crippen molar-refractivity contribution in [2.45, 2.75) is 26.8 Å². The molecule has 2 amide bonds. The average Bonchev–Trinajstić information content (AvgIpc) is 1.99. The monoisotopic (exact) mass is 169 g/mol. The Labute approximate surface area is 72.9 Å². The molecule has 4 heteroatoms. The van der Waals surface area contributed by atoms with Crippen LogP contribution in [0.5, 0.6) is 0 Å². The normalized spacial score (nSPS) is 11.9. The van der Waals surface area contributed by atoms with Gasteiger partial charge in [0.1, 0.15) is 0 Å². The molecule has 1 atom stereocenters. The molecule has 0 rings (SSSR count). The van der Waals surface area contributed by atoms with Crippen LogP contribution in [0.1, 0.15) is 20.8 Å². The zero-order chi connectivity index (χ0) is 9.56. The fraction of sp³-hybridized carbons (Fsp3) is 0.750. The summed E-state index contributed by atoms with van der Waals surface area (Å²) < 4.78 is 0. The lowest BCUT2D eigenvalue weighted by atomic mass is 10.2. The molecular weight excluding hydrogens is 154 g/mol. The number of nitrogens with one attached hydrogen (secondary N) is 2. The van der Waals surface area contributed by atoms with Gasteiger partial charge in [-0.05, 0) is 20.8 Å². The molecule has 0 saturated carbocycles. The smallest absolute Gasteiger partial charge is 0.315 e. The third-order valence-corrected chi connectivity index (χ3v) is 1.21. The quantitative estimate of drug-likeness (QED) is 0.658. The van der Waals surface area contributed by atoms with Gasteiger partial charge in [-0.15, -0.1) is 0 Å². The molecule has 0 saturated heterocycles. The predicted octanol–water partition coefficient (Wildman–Crippen LogP) is 0.854. The largest absolute Gasteiger partial charge is 0.337 e. The summed E-state index contributed by atoms with van der Waals surface area (Å²) in [4.78, 5) is 10.9. The maximum absolute atomic E-state index is 10.9. The van der Waals surface area contributed by atoms with Gasteiger partial charge in [0, 0.05) is 12.6 Å². The second-order valence-corrected chi connectivity index (χ2v) is 3.04. The molecule has 1 unspecified atom stereocenters. The Morgan fingerprint density at radius 1 is 1.50 bits per heavy atom. The summed E-state index contributed by atoms with van der Waals surface area (Å²) >= 11 is 0. The summed E-state index contributed by atoms with van der Waals surface area (Å²) in [6.07, 6.45) is 0. The number of rotatable bonds is 3. The van der Waals surface area contributed by atoms with E-state index in [2.05, 4.69) is 10.6 Å². The van der Waals surface area contributed by atoms with Gasteiger partial charge in [-0.25, -0.2) is 4.79 Å². The van der Waals surface area contributed by atoms with Crippen molar-refractivity contribution in [1.29, 1.82) is 5.26 Å². The third kappa shape index (κ3) is 5.54. The van der Waals surface area contributed by atoms with Gasteiger partial charge in [-0.2, -0.15) is 5.26 Å². The Bertz CT molecular complexity index is 183. The van der Waals surface area contributed by atoms with Crippen molar-refractivity contribution in [1.82, 2.24) is 10.6 Å². The van der Waals surface area contributed by atoms with E-state index < -0.39 is 0 Å². The average molecular weight is 169 g/mol. The van der Waals surface area contributed by atoms with E-state index in [9.17, 15) is 4.79 Å². The van der Waals surface area contributed by atoms with E-state index in [0.29, 0.717) is 6.54 Å².